The molecule has 0 aliphatic carbocycles. The molecular weight excluding hydrogens is 360 g/mol. The number of esters is 1. The molecule has 2 heterocycles. The van der Waals surface area contributed by atoms with Gasteiger partial charge in [-0.25, -0.2) is 4.79 Å². The van der Waals surface area contributed by atoms with E-state index in [4.69, 9.17) is 14.2 Å². The second-order valence-corrected chi connectivity index (χ2v) is 6.03. The molecule has 0 amide bonds. The Kier molecular flexibility index (Phi) is 3.42. The molecular formula is C18H11BrO4. The molecule has 2 aromatic carbocycles. The molecule has 0 N–H and O–H groups in total. The molecule has 0 unspecified atom stereocenters. The lowest BCUT2D eigenvalue weighted by atomic mass is 10.1. The number of cyclic esters (lactones) is 1. The summed E-state index contributed by atoms with van der Waals surface area (Å²) in [6.07, 6.45) is 3.52. The summed E-state index contributed by atoms with van der Waals surface area (Å²) in [6.45, 7) is 0.227. The zero-order valence-corrected chi connectivity index (χ0v) is 13.5. The van der Waals surface area contributed by atoms with Crippen LogP contribution in [-0.2, 0) is 9.53 Å². The molecule has 4 nitrogen and oxygen atoms in total. The molecule has 2 aromatic rings. The summed E-state index contributed by atoms with van der Waals surface area (Å²) in [6, 6.07) is 13.1. The van der Waals surface area contributed by atoms with Gasteiger partial charge in [-0.15, -0.1) is 0 Å². The monoisotopic (exact) mass is 370 g/mol. The summed E-state index contributed by atoms with van der Waals surface area (Å²) in [4.78, 5) is 12.1. The van der Waals surface area contributed by atoms with Gasteiger partial charge in [0, 0.05) is 10.0 Å². The van der Waals surface area contributed by atoms with E-state index in [0.717, 1.165) is 15.6 Å². The molecule has 0 aromatic heterocycles. The fourth-order valence-corrected chi connectivity index (χ4v) is 2.69. The summed E-state index contributed by atoms with van der Waals surface area (Å²) >= 11 is 3.39. The van der Waals surface area contributed by atoms with Crippen LogP contribution in [-0.4, -0.2) is 12.8 Å². The Morgan fingerprint density at radius 3 is 2.61 bits per heavy atom. The smallest absolute Gasteiger partial charge is 0.343 e. The summed E-state index contributed by atoms with van der Waals surface area (Å²) < 4.78 is 16.9. The number of hydrogen-bond donors (Lipinski definition) is 0. The van der Waals surface area contributed by atoms with Crippen LogP contribution in [0, 0.1) is 0 Å². The van der Waals surface area contributed by atoms with Crippen molar-refractivity contribution in [1.82, 2.24) is 0 Å². The maximum atomic E-state index is 12.1. The van der Waals surface area contributed by atoms with Crippen LogP contribution in [0.25, 0.3) is 11.8 Å². The number of carbonyl (C=O) groups is 1. The van der Waals surface area contributed by atoms with Crippen molar-refractivity contribution >= 4 is 33.7 Å². The fraction of sp³-hybridized carbons (Fsp3) is 0.0556. The number of fused-ring (bicyclic) bond motifs is 1. The van der Waals surface area contributed by atoms with Crippen LogP contribution in [0.1, 0.15) is 11.1 Å². The highest BCUT2D eigenvalue weighted by Gasteiger charge is 2.22. The van der Waals surface area contributed by atoms with E-state index in [1.807, 2.05) is 42.5 Å². The van der Waals surface area contributed by atoms with Crippen molar-refractivity contribution in [3.63, 3.8) is 0 Å². The highest BCUT2D eigenvalue weighted by atomic mass is 79.9. The molecule has 0 atom stereocenters. The molecule has 23 heavy (non-hydrogen) atoms. The molecule has 0 saturated heterocycles. The highest BCUT2D eigenvalue weighted by molar-refractivity contribution is 9.10. The molecule has 5 heteroatoms. The van der Waals surface area contributed by atoms with Crippen LogP contribution < -0.4 is 9.47 Å². The second-order valence-electron chi connectivity index (χ2n) is 5.12. The van der Waals surface area contributed by atoms with Gasteiger partial charge < -0.3 is 14.2 Å². The summed E-state index contributed by atoms with van der Waals surface area (Å²) in [5.41, 5.74) is 2.21. The Hall–Kier alpha value is -2.53. The van der Waals surface area contributed by atoms with Crippen LogP contribution in [0.4, 0.5) is 0 Å². The molecule has 0 saturated carbocycles. The van der Waals surface area contributed by atoms with Crippen molar-refractivity contribution < 1.29 is 19.0 Å². The van der Waals surface area contributed by atoms with E-state index in [1.54, 1.807) is 12.2 Å². The van der Waals surface area contributed by atoms with Gasteiger partial charge in [0.05, 0.1) is 5.57 Å². The number of carbonyl (C=O) groups excluding carboxylic acids is 1. The van der Waals surface area contributed by atoms with Crippen molar-refractivity contribution in [3.8, 4) is 11.5 Å². The van der Waals surface area contributed by atoms with Crippen molar-refractivity contribution in [3.05, 3.63) is 69.7 Å². The predicted octanol–water partition coefficient (Wildman–Crippen LogP) is 4.16. The third kappa shape index (κ3) is 2.75. The number of rotatable bonds is 2. The van der Waals surface area contributed by atoms with Crippen molar-refractivity contribution in [2.24, 2.45) is 0 Å². The van der Waals surface area contributed by atoms with Crippen LogP contribution in [0.3, 0.4) is 0 Å². The third-order valence-electron chi connectivity index (χ3n) is 3.57. The van der Waals surface area contributed by atoms with E-state index in [2.05, 4.69) is 15.9 Å². The van der Waals surface area contributed by atoms with Crippen LogP contribution >= 0.6 is 15.9 Å². The zero-order chi connectivity index (χ0) is 15.8. The first kappa shape index (κ1) is 14.1. The van der Waals surface area contributed by atoms with Crippen LogP contribution in [0.5, 0.6) is 11.5 Å². The Morgan fingerprint density at radius 2 is 1.78 bits per heavy atom. The topological polar surface area (TPSA) is 44.8 Å². The van der Waals surface area contributed by atoms with Crippen LogP contribution in [0.2, 0.25) is 0 Å². The van der Waals surface area contributed by atoms with Gasteiger partial charge in [0.25, 0.3) is 0 Å². The van der Waals surface area contributed by atoms with E-state index >= 15 is 0 Å². The van der Waals surface area contributed by atoms with E-state index in [1.165, 1.54) is 0 Å². The van der Waals surface area contributed by atoms with Gasteiger partial charge in [-0.2, -0.15) is 0 Å². The number of halogens is 1. The first-order chi connectivity index (χ1) is 11.2. The Bertz CT molecular complexity index is 850. The van der Waals surface area contributed by atoms with Crippen LogP contribution in [0.15, 0.2) is 58.6 Å². The third-order valence-corrected chi connectivity index (χ3v) is 4.10. The maximum absolute atomic E-state index is 12.1. The van der Waals surface area contributed by atoms with Crippen molar-refractivity contribution in [2.45, 2.75) is 0 Å². The number of benzene rings is 2. The summed E-state index contributed by atoms with van der Waals surface area (Å²) in [7, 11) is 0. The molecule has 114 valence electrons. The average Bonchev–Trinajstić information content (AvgIpc) is 3.15. The Morgan fingerprint density at radius 1 is 1.00 bits per heavy atom. The molecule has 2 aliphatic heterocycles. The van der Waals surface area contributed by atoms with E-state index in [0.29, 0.717) is 22.8 Å². The Balaban J connectivity index is 1.65. The number of hydrogen-bond acceptors (Lipinski definition) is 4. The first-order valence-corrected chi connectivity index (χ1v) is 7.79. The lowest BCUT2D eigenvalue weighted by Gasteiger charge is -2.01. The van der Waals surface area contributed by atoms with E-state index < -0.39 is 0 Å². The van der Waals surface area contributed by atoms with Crippen molar-refractivity contribution in [1.29, 1.82) is 0 Å². The van der Waals surface area contributed by atoms with Gasteiger partial charge in [-0.1, -0.05) is 34.1 Å². The fourth-order valence-electron chi connectivity index (χ4n) is 2.43. The van der Waals surface area contributed by atoms with Gasteiger partial charge >= 0.3 is 5.97 Å². The highest BCUT2D eigenvalue weighted by Crippen LogP contribution is 2.34. The standard InChI is InChI=1S/C18H11BrO4/c19-14-4-2-12(3-5-14)16-9-13(18(20)23-16)7-11-1-6-15-17(8-11)22-10-21-15/h1-9H,10H2. The zero-order valence-electron chi connectivity index (χ0n) is 11.9. The summed E-state index contributed by atoms with van der Waals surface area (Å²) in [5, 5.41) is 0. The molecule has 0 bridgehead atoms. The molecule has 0 radical (unpaired) electrons. The van der Waals surface area contributed by atoms with E-state index in [-0.39, 0.29) is 12.8 Å². The predicted molar refractivity (Wildman–Crippen MR) is 88.8 cm³/mol. The van der Waals surface area contributed by atoms with Gasteiger partial charge in [0.2, 0.25) is 6.79 Å². The quantitative estimate of drug-likeness (QED) is 0.588. The maximum Gasteiger partial charge on any atom is 0.343 e. The summed E-state index contributed by atoms with van der Waals surface area (Å²) in [5.74, 6) is 1.59. The minimum atomic E-state index is -0.361. The minimum absolute atomic E-state index is 0.227. The molecule has 0 fully saturated rings. The minimum Gasteiger partial charge on any atom is -0.454 e. The average molecular weight is 371 g/mol. The normalized spacial score (nSPS) is 17.3. The first-order valence-electron chi connectivity index (χ1n) is 7.00. The second kappa shape index (κ2) is 5.59. The number of ether oxygens (including phenoxy) is 3. The van der Waals surface area contributed by atoms with Crippen molar-refractivity contribution in [2.75, 3.05) is 6.79 Å². The Labute approximate surface area is 141 Å². The molecule has 0 spiro atoms. The van der Waals surface area contributed by atoms with Gasteiger partial charge in [-0.05, 0) is 42.0 Å². The van der Waals surface area contributed by atoms with Gasteiger partial charge in [0.15, 0.2) is 11.5 Å². The lowest BCUT2D eigenvalue weighted by Crippen LogP contribution is -1.97. The lowest BCUT2D eigenvalue weighted by molar-refractivity contribution is -0.130. The SMILES string of the molecule is O=C1OC(c2ccc(Br)cc2)=CC1=Cc1ccc2c(c1)OCO2. The molecule has 2 aliphatic rings. The largest absolute Gasteiger partial charge is 0.454 e. The van der Waals surface area contributed by atoms with Gasteiger partial charge in [0.1, 0.15) is 5.76 Å². The molecule has 4 rings (SSSR count). The van der Waals surface area contributed by atoms with Gasteiger partial charge in [-0.3, -0.25) is 0 Å². The van der Waals surface area contributed by atoms with E-state index in [9.17, 15) is 4.79 Å².